The number of nitrogens with two attached hydrogens (primary N) is 1. The summed E-state index contributed by atoms with van der Waals surface area (Å²) in [6.45, 7) is 2.09. The Morgan fingerprint density at radius 1 is 1.61 bits per heavy atom. The van der Waals surface area contributed by atoms with E-state index in [4.69, 9.17) is 15.7 Å². The fourth-order valence-electron chi connectivity index (χ4n) is 1.37. The highest BCUT2D eigenvalue weighted by Crippen LogP contribution is 2.27. The molecule has 3 N–H and O–H groups in total. The van der Waals surface area contributed by atoms with Crippen molar-refractivity contribution in [2.45, 2.75) is 19.8 Å². The number of rotatable bonds is 6. The molecular formula is C11H15N3O4. The van der Waals surface area contributed by atoms with E-state index >= 15 is 0 Å². The molecule has 18 heavy (non-hydrogen) atoms. The predicted octanol–water partition coefficient (Wildman–Crippen LogP) is 1.81. The maximum atomic E-state index is 10.8. The molecule has 1 rings (SSSR count). The van der Waals surface area contributed by atoms with Gasteiger partial charge in [-0.1, -0.05) is 11.2 Å². The first kappa shape index (κ1) is 13.8. The van der Waals surface area contributed by atoms with Crippen molar-refractivity contribution in [3.8, 4) is 5.75 Å². The molecule has 1 aromatic carbocycles. The van der Waals surface area contributed by atoms with Crippen LogP contribution in [0.4, 0.5) is 5.69 Å². The highest BCUT2D eigenvalue weighted by molar-refractivity contribution is 5.79. The molecule has 0 aliphatic carbocycles. The SMILES string of the molecule is Cc1ccc([N+](=O)[O-])c(OCCC/C(N)=N/O)c1. The number of nitro groups is 1. The third-order valence-corrected chi connectivity index (χ3v) is 2.28. The zero-order valence-corrected chi connectivity index (χ0v) is 10.00. The van der Waals surface area contributed by atoms with Crippen LogP contribution in [0.3, 0.4) is 0 Å². The number of oxime groups is 1. The van der Waals surface area contributed by atoms with Gasteiger partial charge in [-0.25, -0.2) is 0 Å². The first-order valence-corrected chi connectivity index (χ1v) is 5.39. The second kappa shape index (κ2) is 6.43. The molecule has 98 valence electrons. The van der Waals surface area contributed by atoms with Crippen molar-refractivity contribution >= 4 is 11.5 Å². The van der Waals surface area contributed by atoms with Crippen molar-refractivity contribution < 1.29 is 14.9 Å². The van der Waals surface area contributed by atoms with E-state index in [2.05, 4.69) is 5.16 Å². The molecule has 0 spiro atoms. The van der Waals surface area contributed by atoms with Gasteiger partial charge >= 0.3 is 5.69 Å². The van der Waals surface area contributed by atoms with E-state index in [0.717, 1.165) is 5.56 Å². The summed E-state index contributed by atoms with van der Waals surface area (Å²) in [5.74, 6) is 0.344. The summed E-state index contributed by atoms with van der Waals surface area (Å²) in [5.41, 5.74) is 6.11. The molecular weight excluding hydrogens is 238 g/mol. The number of benzene rings is 1. The molecule has 7 nitrogen and oxygen atoms in total. The van der Waals surface area contributed by atoms with E-state index < -0.39 is 4.92 Å². The van der Waals surface area contributed by atoms with Gasteiger partial charge in [0.1, 0.15) is 5.84 Å². The largest absolute Gasteiger partial charge is 0.487 e. The maximum Gasteiger partial charge on any atom is 0.310 e. The highest BCUT2D eigenvalue weighted by atomic mass is 16.6. The molecule has 1 aromatic rings. The fraction of sp³-hybridized carbons (Fsp3) is 0.364. The van der Waals surface area contributed by atoms with Crippen LogP contribution in [-0.4, -0.2) is 22.6 Å². The molecule has 0 amide bonds. The van der Waals surface area contributed by atoms with Crippen molar-refractivity contribution in [1.82, 2.24) is 0 Å². The molecule has 0 heterocycles. The maximum absolute atomic E-state index is 10.8. The summed E-state index contributed by atoms with van der Waals surface area (Å²) in [7, 11) is 0. The molecule has 0 atom stereocenters. The topological polar surface area (TPSA) is 111 Å². The molecule has 0 fully saturated rings. The van der Waals surface area contributed by atoms with Crippen molar-refractivity contribution in [1.29, 1.82) is 0 Å². The normalized spacial score (nSPS) is 11.3. The van der Waals surface area contributed by atoms with Crippen molar-refractivity contribution in [3.63, 3.8) is 0 Å². The van der Waals surface area contributed by atoms with E-state index in [1.54, 1.807) is 12.1 Å². The van der Waals surface area contributed by atoms with Crippen LogP contribution < -0.4 is 10.5 Å². The van der Waals surface area contributed by atoms with Gasteiger partial charge in [-0.15, -0.1) is 0 Å². The zero-order chi connectivity index (χ0) is 13.5. The Balaban J connectivity index is 2.61. The minimum Gasteiger partial charge on any atom is -0.487 e. The third kappa shape index (κ3) is 3.93. The fourth-order valence-corrected chi connectivity index (χ4v) is 1.37. The van der Waals surface area contributed by atoms with Gasteiger partial charge in [0.25, 0.3) is 0 Å². The summed E-state index contributed by atoms with van der Waals surface area (Å²) in [4.78, 5) is 10.3. The molecule has 0 saturated heterocycles. The molecule has 0 saturated carbocycles. The van der Waals surface area contributed by atoms with E-state index in [1.165, 1.54) is 6.07 Å². The summed E-state index contributed by atoms with van der Waals surface area (Å²) in [6, 6.07) is 4.68. The Morgan fingerprint density at radius 3 is 2.94 bits per heavy atom. The molecule has 0 radical (unpaired) electrons. The van der Waals surface area contributed by atoms with Crippen LogP contribution >= 0.6 is 0 Å². The number of aryl methyl sites for hydroxylation is 1. The Labute approximate surface area is 104 Å². The summed E-state index contributed by atoms with van der Waals surface area (Å²) in [5, 5.41) is 21.9. The molecule has 0 aliphatic rings. The van der Waals surface area contributed by atoms with Crippen LogP contribution in [0.2, 0.25) is 0 Å². The third-order valence-electron chi connectivity index (χ3n) is 2.28. The molecule has 0 aromatic heterocycles. The summed E-state index contributed by atoms with van der Waals surface area (Å²) < 4.78 is 5.34. The van der Waals surface area contributed by atoms with E-state index in [0.29, 0.717) is 12.8 Å². The van der Waals surface area contributed by atoms with Crippen molar-refractivity contribution in [2.75, 3.05) is 6.61 Å². The lowest BCUT2D eigenvalue weighted by Crippen LogP contribution is -2.13. The standard InChI is InChI=1S/C11H15N3O4/c1-8-4-5-9(14(16)17)10(7-8)18-6-2-3-11(12)13-15/h4-5,7,15H,2-3,6H2,1H3,(H2,12,13). The Bertz CT molecular complexity index is 460. The minimum atomic E-state index is -0.488. The quantitative estimate of drug-likeness (QED) is 0.200. The van der Waals surface area contributed by atoms with Gasteiger partial charge in [-0.3, -0.25) is 10.1 Å². The molecule has 0 bridgehead atoms. The zero-order valence-electron chi connectivity index (χ0n) is 10.00. The molecule has 0 unspecified atom stereocenters. The second-order valence-corrected chi connectivity index (χ2v) is 3.77. The molecule has 7 heteroatoms. The Morgan fingerprint density at radius 2 is 2.33 bits per heavy atom. The monoisotopic (exact) mass is 253 g/mol. The lowest BCUT2D eigenvalue weighted by molar-refractivity contribution is -0.385. The second-order valence-electron chi connectivity index (χ2n) is 3.77. The van der Waals surface area contributed by atoms with Crippen LogP contribution in [0, 0.1) is 17.0 Å². The highest BCUT2D eigenvalue weighted by Gasteiger charge is 2.14. The van der Waals surface area contributed by atoms with Gasteiger partial charge in [-0.2, -0.15) is 0 Å². The van der Waals surface area contributed by atoms with Gasteiger partial charge in [0.15, 0.2) is 5.75 Å². The number of nitrogens with zero attached hydrogens (tertiary/aromatic N) is 2. The average Bonchev–Trinajstić information content (AvgIpc) is 2.34. The lowest BCUT2D eigenvalue weighted by Gasteiger charge is -2.07. The van der Waals surface area contributed by atoms with Crippen LogP contribution in [0.15, 0.2) is 23.4 Å². The minimum absolute atomic E-state index is 0.0654. The van der Waals surface area contributed by atoms with Crippen LogP contribution in [0.1, 0.15) is 18.4 Å². The Hall–Kier alpha value is -2.31. The first-order valence-electron chi connectivity index (χ1n) is 5.39. The van der Waals surface area contributed by atoms with Gasteiger partial charge < -0.3 is 15.7 Å². The Kier molecular flexibility index (Phi) is 4.91. The van der Waals surface area contributed by atoms with Crippen LogP contribution in [-0.2, 0) is 0 Å². The number of amidine groups is 1. The average molecular weight is 253 g/mol. The number of nitro benzene ring substituents is 1. The van der Waals surface area contributed by atoms with E-state index in [-0.39, 0.29) is 23.9 Å². The summed E-state index contributed by atoms with van der Waals surface area (Å²) in [6.07, 6.45) is 0.886. The van der Waals surface area contributed by atoms with Crippen LogP contribution in [0.5, 0.6) is 5.75 Å². The van der Waals surface area contributed by atoms with Gasteiger partial charge in [0.2, 0.25) is 0 Å². The van der Waals surface area contributed by atoms with E-state index in [9.17, 15) is 10.1 Å². The number of ether oxygens (including phenoxy) is 1. The summed E-state index contributed by atoms with van der Waals surface area (Å²) >= 11 is 0. The number of hydrogen-bond acceptors (Lipinski definition) is 5. The van der Waals surface area contributed by atoms with Gasteiger partial charge in [0.05, 0.1) is 11.5 Å². The van der Waals surface area contributed by atoms with Gasteiger partial charge in [-0.05, 0) is 25.0 Å². The van der Waals surface area contributed by atoms with Crippen molar-refractivity contribution in [3.05, 3.63) is 33.9 Å². The number of hydrogen-bond donors (Lipinski definition) is 2. The molecule has 0 aliphatic heterocycles. The first-order chi connectivity index (χ1) is 8.54. The van der Waals surface area contributed by atoms with Crippen molar-refractivity contribution in [2.24, 2.45) is 10.9 Å². The lowest BCUT2D eigenvalue weighted by atomic mass is 10.2. The smallest absolute Gasteiger partial charge is 0.310 e. The van der Waals surface area contributed by atoms with E-state index in [1.807, 2.05) is 6.92 Å². The van der Waals surface area contributed by atoms with Crippen LogP contribution in [0.25, 0.3) is 0 Å². The van der Waals surface area contributed by atoms with Gasteiger partial charge in [0, 0.05) is 12.5 Å². The predicted molar refractivity (Wildman–Crippen MR) is 66.0 cm³/mol.